The minimum atomic E-state index is -0.349. The Bertz CT molecular complexity index is 1120. The molecule has 0 radical (unpaired) electrons. The minimum Gasteiger partial charge on any atom is -0.494 e. The molecule has 0 atom stereocenters. The van der Waals surface area contributed by atoms with Crippen LogP contribution in [-0.2, 0) is 33.6 Å². The molecule has 0 saturated heterocycles. The van der Waals surface area contributed by atoms with Gasteiger partial charge in [-0.3, -0.25) is 14.8 Å². The van der Waals surface area contributed by atoms with Gasteiger partial charge in [0.2, 0.25) is 11.8 Å². The predicted octanol–water partition coefficient (Wildman–Crippen LogP) is 5.08. The fraction of sp³-hybridized carbons (Fsp3) is 0.440. The Labute approximate surface area is 213 Å². The van der Waals surface area contributed by atoms with Crippen molar-refractivity contribution < 1.29 is 24.0 Å². The zero-order valence-electron chi connectivity index (χ0n) is 20.4. The zero-order chi connectivity index (χ0) is 25.4. The molecular weight excluding hydrogens is 486 g/mol. The van der Waals surface area contributed by atoms with Crippen molar-refractivity contribution in [2.24, 2.45) is 0 Å². The fourth-order valence-electron chi connectivity index (χ4n) is 3.04. The molecule has 0 fully saturated rings. The number of amides is 1. The van der Waals surface area contributed by atoms with Crippen LogP contribution in [0.25, 0.3) is 0 Å². The van der Waals surface area contributed by atoms with Crippen molar-refractivity contribution in [2.75, 3.05) is 13.7 Å². The first kappa shape index (κ1) is 26.9. The molecule has 35 heavy (non-hydrogen) atoms. The Morgan fingerprint density at radius 3 is 2.54 bits per heavy atom. The van der Waals surface area contributed by atoms with Crippen molar-refractivity contribution >= 4 is 34.8 Å². The summed E-state index contributed by atoms with van der Waals surface area (Å²) in [7, 11) is 1.30. The van der Waals surface area contributed by atoms with Crippen LogP contribution in [0.1, 0.15) is 55.8 Å². The molecular formula is C25H31N3O5S2. The normalized spacial score (nSPS) is 11.5. The number of ketones is 1. The predicted molar refractivity (Wildman–Crippen MR) is 135 cm³/mol. The van der Waals surface area contributed by atoms with Crippen molar-refractivity contribution in [1.29, 1.82) is 0 Å². The molecule has 1 amide bonds. The van der Waals surface area contributed by atoms with Gasteiger partial charge in [-0.2, -0.15) is 0 Å². The van der Waals surface area contributed by atoms with Crippen LogP contribution in [0.5, 0.6) is 5.75 Å². The topological polar surface area (TPSA) is 106 Å². The molecule has 0 aliphatic carbocycles. The van der Waals surface area contributed by atoms with E-state index in [1.165, 1.54) is 18.4 Å². The number of benzene rings is 1. The van der Waals surface area contributed by atoms with Gasteiger partial charge in [0, 0.05) is 25.3 Å². The van der Waals surface area contributed by atoms with Crippen molar-refractivity contribution in [1.82, 2.24) is 15.0 Å². The summed E-state index contributed by atoms with van der Waals surface area (Å²) in [5, 5.41) is 10.4. The lowest BCUT2D eigenvalue weighted by molar-refractivity contribution is -0.159. The Balaban J connectivity index is 1.40. The first-order valence-corrected chi connectivity index (χ1v) is 13.1. The third-order valence-electron chi connectivity index (χ3n) is 5.00. The summed E-state index contributed by atoms with van der Waals surface area (Å²) in [5.41, 5.74) is 0.838. The molecule has 2 aromatic heterocycles. The number of ether oxygens (including phenoxy) is 1. The average molecular weight is 518 g/mol. The van der Waals surface area contributed by atoms with Gasteiger partial charge >= 0.3 is 0 Å². The molecule has 0 unspecified atom stereocenters. The number of hydrogen-bond donors (Lipinski definition) is 1. The molecule has 2 heterocycles. The summed E-state index contributed by atoms with van der Waals surface area (Å²) in [6.45, 7) is 6.64. The molecule has 0 spiro atoms. The van der Waals surface area contributed by atoms with Crippen LogP contribution in [0.3, 0.4) is 0 Å². The fourth-order valence-corrected chi connectivity index (χ4v) is 4.94. The van der Waals surface area contributed by atoms with Crippen molar-refractivity contribution in [3.05, 3.63) is 58.9 Å². The number of hydroxylamine groups is 2. The maximum Gasteiger partial charge on any atom is 0.245 e. The summed E-state index contributed by atoms with van der Waals surface area (Å²) in [5.74, 6) is 2.59. The summed E-state index contributed by atoms with van der Waals surface area (Å²) in [6, 6.07) is 7.36. The number of carbonyl (C=O) groups excluding carboxylic acids is 2. The standard InChI is InChI=1S/C25H31N3O5S2/c1-25(2,3)20-14-26-21(33-20)16-34-24-15-27-22(35-24)13-18(29)12-17-7-9-19(10-8-17)32-11-5-6-23(30)28(4)31/h7-10,14-15,31H,5-6,11-13,16H2,1-4H3. The van der Waals surface area contributed by atoms with E-state index in [0.29, 0.717) is 48.3 Å². The number of aromatic nitrogens is 2. The lowest BCUT2D eigenvalue weighted by Crippen LogP contribution is -2.22. The van der Waals surface area contributed by atoms with E-state index in [4.69, 9.17) is 14.4 Å². The highest BCUT2D eigenvalue weighted by Gasteiger charge is 2.19. The number of thiazole rings is 1. The molecule has 0 aliphatic rings. The number of rotatable bonds is 12. The lowest BCUT2D eigenvalue weighted by Gasteiger charge is -2.12. The van der Waals surface area contributed by atoms with Crippen LogP contribution in [0.15, 0.2) is 45.3 Å². The van der Waals surface area contributed by atoms with Gasteiger partial charge in [-0.1, -0.05) is 32.9 Å². The van der Waals surface area contributed by atoms with Crippen molar-refractivity contribution in [2.45, 2.75) is 61.8 Å². The second kappa shape index (κ2) is 12.3. The van der Waals surface area contributed by atoms with Gasteiger partial charge in [0.25, 0.3) is 0 Å². The zero-order valence-corrected chi connectivity index (χ0v) is 22.1. The highest BCUT2D eigenvalue weighted by molar-refractivity contribution is 8.00. The first-order chi connectivity index (χ1) is 16.6. The molecule has 0 aliphatic heterocycles. The van der Waals surface area contributed by atoms with Crippen LogP contribution >= 0.6 is 23.1 Å². The van der Waals surface area contributed by atoms with E-state index in [2.05, 4.69) is 30.7 Å². The van der Waals surface area contributed by atoms with E-state index in [-0.39, 0.29) is 23.5 Å². The van der Waals surface area contributed by atoms with Gasteiger partial charge in [0.15, 0.2) is 0 Å². The molecule has 1 N–H and O–H groups in total. The molecule has 3 rings (SSSR count). The second-order valence-electron chi connectivity index (χ2n) is 9.14. The number of hydrogen-bond acceptors (Lipinski definition) is 9. The van der Waals surface area contributed by atoms with Crippen LogP contribution < -0.4 is 4.74 Å². The third kappa shape index (κ3) is 8.79. The van der Waals surface area contributed by atoms with E-state index >= 15 is 0 Å². The molecule has 0 saturated carbocycles. The SMILES string of the molecule is CN(O)C(=O)CCCOc1ccc(CC(=O)Cc2ncc(SCc3ncc(C(C)(C)C)o3)s2)cc1. The van der Waals surface area contributed by atoms with E-state index in [1.807, 2.05) is 24.3 Å². The lowest BCUT2D eigenvalue weighted by atomic mass is 9.94. The quantitative estimate of drug-likeness (QED) is 0.153. The highest BCUT2D eigenvalue weighted by Crippen LogP contribution is 2.30. The van der Waals surface area contributed by atoms with E-state index in [0.717, 1.165) is 20.5 Å². The van der Waals surface area contributed by atoms with E-state index < -0.39 is 0 Å². The maximum absolute atomic E-state index is 12.5. The molecule has 10 heteroatoms. The summed E-state index contributed by atoms with van der Waals surface area (Å²) >= 11 is 3.12. The van der Waals surface area contributed by atoms with Gasteiger partial charge in [-0.15, -0.1) is 23.1 Å². The van der Waals surface area contributed by atoms with Gasteiger partial charge in [0.05, 0.1) is 35.4 Å². The smallest absolute Gasteiger partial charge is 0.245 e. The Morgan fingerprint density at radius 1 is 1.14 bits per heavy atom. The van der Waals surface area contributed by atoms with Crippen LogP contribution in [-0.4, -0.2) is 45.6 Å². The Morgan fingerprint density at radius 2 is 1.89 bits per heavy atom. The van der Waals surface area contributed by atoms with Crippen molar-refractivity contribution in [3.8, 4) is 5.75 Å². The van der Waals surface area contributed by atoms with E-state index in [1.54, 1.807) is 24.2 Å². The third-order valence-corrected chi connectivity index (χ3v) is 7.18. The molecule has 0 bridgehead atoms. The maximum atomic E-state index is 12.5. The van der Waals surface area contributed by atoms with Crippen LogP contribution in [0.2, 0.25) is 0 Å². The van der Waals surface area contributed by atoms with Crippen LogP contribution in [0.4, 0.5) is 0 Å². The second-order valence-corrected chi connectivity index (χ2v) is 11.5. The Hall–Kier alpha value is -2.69. The van der Waals surface area contributed by atoms with Gasteiger partial charge < -0.3 is 9.15 Å². The Kier molecular flexibility index (Phi) is 9.47. The van der Waals surface area contributed by atoms with Crippen LogP contribution in [0, 0.1) is 0 Å². The summed E-state index contributed by atoms with van der Waals surface area (Å²) < 4.78 is 12.5. The van der Waals surface area contributed by atoms with Gasteiger partial charge in [-0.25, -0.2) is 15.0 Å². The molecule has 1 aromatic carbocycles. The average Bonchev–Trinajstić information content (AvgIpc) is 3.45. The number of Topliss-reactive ketones (excluding diaryl/α,β-unsaturated/α-hetero) is 1. The van der Waals surface area contributed by atoms with E-state index in [9.17, 15) is 9.59 Å². The van der Waals surface area contributed by atoms with Gasteiger partial charge in [0.1, 0.15) is 22.3 Å². The highest BCUT2D eigenvalue weighted by atomic mass is 32.2. The van der Waals surface area contributed by atoms with Crippen molar-refractivity contribution in [3.63, 3.8) is 0 Å². The number of oxazole rings is 1. The molecule has 8 nitrogen and oxygen atoms in total. The largest absolute Gasteiger partial charge is 0.494 e. The monoisotopic (exact) mass is 517 g/mol. The minimum absolute atomic E-state index is 0.0684. The number of nitrogens with zero attached hydrogens (tertiary/aromatic N) is 3. The van der Waals surface area contributed by atoms with Gasteiger partial charge in [-0.05, 0) is 24.1 Å². The molecule has 188 valence electrons. The number of carbonyl (C=O) groups is 2. The summed E-state index contributed by atoms with van der Waals surface area (Å²) in [6.07, 6.45) is 4.92. The summed E-state index contributed by atoms with van der Waals surface area (Å²) in [4.78, 5) is 32.6. The number of thioether (sulfide) groups is 1. The first-order valence-electron chi connectivity index (χ1n) is 11.3. The molecule has 3 aromatic rings.